The summed E-state index contributed by atoms with van der Waals surface area (Å²) >= 11 is 0. The number of carbonyl (C=O) groups excluding carboxylic acids is 1. The van der Waals surface area contributed by atoms with Gasteiger partial charge in [-0.15, -0.1) is 0 Å². The Morgan fingerprint density at radius 1 is 1.47 bits per heavy atom. The van der Waals surface area contributed by atoms with E-state index in [1.165, 1.54) is 6.20 Å². The van der Waals surface area contributed by atoms with E-state index in [-0.39, 0.29) is 17.6 Å². The summed E-state index contributed by atoms with van der Waals surface area (Å²) in [5.41, 5.74) is 2.81. The molecule has 6 heteroatoms. The molecule has 1 amide bonds. The first-order chi connectivity index (χ1) is 8.93. The Balaban J connectivity index is 2.95. The molecule has 0 saturated heterocycles. The molecule has 1 rings (SSSR count). The molecule has 0 bridgehead atoms. The second-order valence-electron chi connectivity index (χ2n) is 4.99. The second-order valence-corrected chi connectivity index (χ2v) is 4.99. The molecule has 102 valence electrons. The van der Waals surface area contributed by atoms with E-state index in [2.05, 4.69) is 15.4 Å². The number of nitriles is 1. The Labute approximate surface area is 113 Å². The van der Waals surface area contributed by atoms with Crippen LogP contribution in [0.5, 0.6) is 0 Å². The van der Waals surface area contributed by atoms with Crippen LogP contribution in [-0.4, -0.2) is 22.4 Å². The molecule has 0 atom stereocenters. The quantitative estimate of drug-likeness (QED) is 0.812. The summed E-state index contributed by atoms with van der Waals surface area (Å²) in [5.74, 6) is 0.747. The van der Waals surface area contributed by atoms with Gasteiger partial charge in [-0.2, -0.15) is 10.2 Å². The molecule has 0 unspecified atom stereocenters. The fourth-order valence-electron chi connectivity index (χ4n) is 1.38. The number of hydrazine groups is 1. The molecule has 1 aromatic heterocycles. The first-order valence-electron chi connectivity index (χ1n) is 6.25. The summed E-state index contributed by atoms with van der Waals surface area (Å²) in [6.45, 7) is 8.34. The van der Waals surface area contributed by atoms with Gasteiger partial charge in [-0.05, 0) is 5.92 Å². The highest BCUT2D eigenvalue weighted by Gasteiger charge is 2.16. The van der Waals surface area contributed by atoms with Crippen molar-refractivity contribution in [2.24, 2.45) is 11.8 Å². The van der Waals surface area contributed by atoms with Crippen molar-refractivity contribution in [3.63, 3.8) is 0 Å². The Kier molecular flexibility index (Phi) is 5.24. The molecule has 6 nitrogen and oxygen atoms in total. The summed E-state index contributed by atoms with van der Waals surface area (Å²) < 4.78 is 0. The molecular formula is C13H19N5O. The van der Waals surface area contributed by atoms with Crippen LogP contribution in [-0.2, 0) is 4.79 Å². The lowest BCUT2D eigenvalue weighted by molar-refractivity contribution is -0.124. The molecule has 0 aliphatic carbocycles. The van der Waals surface area contributed by atoms with Gasteiger partial charge in [0, 0.05) is 24.7 Å². The molecule has 1 aromatic rings. The maximum Gasteiger partial charge on any atom is 0.241 e. The summed E-state index contributed by atoms with van der Waals surface area (Å²) in [6, 6.07) is 3.56. The molecule has 1 heterocycles. The summed E-state index contributed by atoms with van der Waals surface area (Å²) in [6.07, 6.45) is 1.51. The van der Waals surface area contributed by atoms with Crippen molar-refractivity contribution in [1.82, 2.24) is 15.4 Å². The topological polar surface area (TPSA) is 81.9 Å². The molecule has 0 aromatic carbocycles. The van der Waals surface area contributed by atoms with Gasteiger partial charge in [0.2, 0.25) is 11.7 Å². The number of nitrogens with one attached hydrogen (secondary N) is 1. The molecule has 0 saturated carbocycles. The van der Waals surface area contributed by atoms with Crippen LogP contribution in [0.4, 0.5) is 5.82 Å². The van der Waals surface area contributed by atoms with Crippen LogP contribution in [0.25, 0.3) is 0 Å². The molecule has 19 heavy (non-hydrogen) atoms. The number of amides is 1. The molecule has 1 N–H and O–H groups in total. The van der Waals surface area contributed by atoms with Gasteiger partial charge in [0.05, 0.1) is 0 Å². The maximum absolute atomic E-state index is 11.8. The predicted octanol–water partition coefficient (Wildman–Crippen LogP) is 1.50. The van der Waals surface area contributed by atoms with Gasteiger partial charge in [-0.1, -0.05) is 27.7 Å². The van der Waals surface area contributed by atoms with Crippen LogP contribution in [0.1, 0.15) is 33.5 Å². The van der Waals surface area contributed by atoms with Crippen molar-refractivity contribution < 1.29 is 4.79 Å². The van der Waals surface area contributed by atoms with Gasteiger partial charge in [0.25, 0.3) is 0 Å². The van der Waals surface area contributed by atoms with E-state index in [0.29, 0.717) is 18.3 Å². The van der Waals surface area contributed by atoms with Crippen LogP contribution < -0.4 is 10.4 Å². The Hall–Kier alpha value is -2.16. The number of rotatable bonds is 5. The maximum atomic E-state index is 11.8. The van der Waals surface area contributed by atoms with Gasteiger partial charge >= 0.3 is 0 Å². The smallest absolute Gasteiger partial charge is 0.241 e. The second kappa shape index (κ2) is 6.69. The minimum atomic E-state index is -0.119. The van der Waals surface area contributed by atoms with E-state index in [4.69, 9.17) is 5.26 Å². The predicted molar refractivity (Wildman–Crippen MR) is 71.9 cm³/mol. The van der Waals surface area contributed by atoms with Crippen LogP contribution in [0.15, 0.2) is 12.3 Å². The van der Waals surface area contributed by atoms with Crippen molar-refractivity contribution in [2.75, 3.05) is 11.6 Å². The highest BCUT2D eigenvalue weighted by atomic mass is 16.2. The fourth-order valence-corrected chi connectivity index (χ4v) is 1.38. The zero-order valence-corrected chi connectivity index (χ0v) is 11.7. The zero-order valence-electron chi connectivity index (χ0n) is 11.7. The van der Waals surface area contributed by atoms with E-state index < -0.39 is 0 Å². The van der Waals surface area contributed by atoms with Gasteiger partial charge in [-0.25, -0.2) is 4.98 Å². The van der Waals surface area contributed by atoms with Crippen LogP contribution in [0, 0.1) is 23.2 Å². The average Bonchev–Trinajstić information content (AvgIpc) is 2.37. The van der Waals surface area contributed by atoms with Crippen LogP contribution >= 0.6 is 0 Å². The number of hydrogen-bond donors (Lipinski definition) is 1. The van der Waals surface area contributed by atoms with E-state index >= 15 is 0 Å². The lowest BCUT2D eigenvalue weighted by Crippen LogP contribution is -2.46. The molecule has 0 fully saturated rings. The zero-order chi connectivity index (χ0) is 14.4. The number of aromatic nitrogens is 2. The Morgan fingerprint density at radius 2 is 2.16 bits per heavy atom. The third kappa shape index (κ3) is 4.54. The lowest BCUT2D eigenvalue weighted by atomic mass is 10.2. The number of hydrogen-bond acceptors (Lipinski definition) is 5. The SMILES string of the molecule is CC(C)CN(NC(=O)C(C)C)c1ccnc(C#N)n1. The first-order valence-corrected chi connectivity index (χ1v) is 6.25. The van der Waals surface area contributed by atoms with Crippen molar-refractivity contribution >= 4 is 11.7 Å². The van der Waals surface area contributed by atoms with Crippen molar-refractivity contribution in [1.29, 1.82) is 5.26 Å². The Morgan fingerprint density at radius 3 is 2.68 bits per heavy atom. The molecule has 0 aliphatic heterocycles. The average molecular weight is 261 g/mol. The normalized spacial score (nSPS) is 10.4. The standard InChI is InChI=1S/C13H19N5O/c1-9(2)8-18(17-13(19)10(3)4)12-5-6-15-11(7-14)16-12/h5-6,9-10H,8H2,1-4H3,(H,17,19). The van der Waals surface area contributed by atoms with Gasteiger partial charge in [-0.3, -0.25) is 15.2 Å². The minimum Gasteiger partial charge on any atom is -0.273 e. The summed E-state index contributed by atoms with van der Waals surface area (Å²) in [4.78, 5) is 19.7. The van der Waals surface area contributed by atoms with E-state index in [1.54, 1.807) is 11.1 Å². The van der Waals surface area contributed by atoms with Crippen LogP contribution in [0.2, 0.25) is 0 Å². The highest BCUT2D eigenvalue weighted by molar-refractivity contribution is 5.79. The number of anilines is 1. The molecule has 0 spiro atoms. The molecule has 0 radical (unpaired) electrons. The lowest BCUT2D eigenvalue weighted by Gasteiger charge is -2.26. The first kappa shape index (κ1) is 14.9. The number of nitrogens with zero attached hydrogens (tertiary/aromatic N) is 4. The summed E-state index contributed by atoms with van der Waals surface area (Å²) in [5, 5.41) is 10.5. The van der Waals surface area contributed by atoms with Gasteiger partial charge in [0.1, 0.15) is 6.07 Å². The Bertz CT molecular complexity index is 478. The van der Waals surface area contributed by atoms with Gasteiger partial charge < -0.3 is 0 Å². The monoisotopic (exact) mass is 261 g/mol. The molecule has 0 aliphatic rings. The minimum absolute atomic E-state index is 0.0854. The fraction of sp³-hybridized carbons (Fsp3) is 0.538. The third-order valence-electron chi connectivity index (χ3n) is 2.33. The number of carbonyl (C=O) groups is 1. The summed E-state index contributed by atoms with van der Waals surface area (Å²) in [7, 11) is 0. The van der Waals surface area contributed by atoms with E-state index in [1.807, 2.05) is 33.8 Å². The van der Waals surface area contributed by atoms with Crippen molar-refractivity contribution in [2.45, 2.75) is 27.7 Å². The third-order valence-corrected chi connectivity index (χ3v) is 2.33. The largest absolute Gasteiger partial charge is 0.273 e. The highest BCUT2D eigenvalue weighted by Crippen LogP contribution is 2.10. The van der Waals surface area contributed by atoms with Crippen LogP contribution in [0.3, 0.4) is 0 Å². The van der Waals surface area contributed by atoms with E-state index in [9.17, 15) is 4.79 Å². The van der Waals surface area contributed by atoms with Gasteiger partial charge in [0.15, 0.2) is 5.82 Å². The molecular weight excluding hydrogens is 242 g/mol. The van der Waals surface area contributed by atoms with Crippen molar-refractivity contribution in [3.05, 3.63) is 18.1 Å². The van der Waals surface area contributed by atoms with E-state index in [0.717, 1.165) is 0 Å². The van der Waals surface area contributed by atoms with Crippen molar-refractivity contribution in [3.8, 4) is 6.07 Å².